The highest BCUT2D eigenvalue weighted by Gasteiger charge is 2.21. The summed E-state index contributed by atoms with van der Waals surface area (Å²) in [5.74, 6) is 0.676. The Hall–Kier alpha value is -2.03. The van der Waals surface area contributed by atoms with Gasteiger partial charge in [0, 0.05) is 46.2 Å². The van der Waals surface area contributed by atoms with Gasteiger partial charge in [0.15, 0.2) is 11.1 Å². The van der Waals surface area contributed by atoms with Crippen molar-refractivity contribution in [3.8, 4) is 0 Å². The minimum Gasteiger partial charge on any atom is -0.444 e. The van der Waals surface area contributed by atoms with Gasteiger partial charge in [-0.2, -0.15) is 0 Å². The second-order valence-electron chi connectivity index (χ2n) is 7.34. The number of hydrogen-bond acceptors (Lipinski definition) is 6. The summed E-state index contributed by atoms with van der Waals surface area (Å²) < 4.78 is 5.47. The summed E-state index contributed by atoms with van der Waals surface area (Å²) >= 11 is 1.61. The van der Waals surface area contributed by atoms with Crippen LogP contribution in [0.25, 0.3) is 0 Å². The highest BCUT2D eigenvalue weighted by molar-refractivity contribution is 7.13. The molecule has 0 fully saturated rings. The number of ether oxygens (including phenoxy) is 1. The number of anilines is 1. The summed E-state index contributed by atoms with van der Waals surface area (Å²) in [6.07, 6.45) is 0.595. The van der Waals surface area contributed by atoms with Gasteiger partial charge in [0.2, 0.25) is 0 Å². The molecule has 1 amide bonds. The van der Waals surface area contributed by atoms with Crippen molar-refractivity contribution in [1.29, 1.82) is 0 Å². The van der Waals surface area contributed by atoms with Gasteiger partial charge in [0.1, 0.15) is 5.60 Å². The van der Waals surface area contributed by atoms with Gasteiger partial charge in [0.05, 0.1) is 12.2 Å². The maximum Gasteiger partial charge on any atom is 0.410 e. The fourth-order valence-corrected chi connectivity index (χ4v) is 2.94. The van der Waals surface area contributed by atoms with E-state index in [4.69, 9.17) is 4.74 Å². The topological polar surface area (TPSA) is 82.1 Å². The number of aromatic nitrogens is 1. The van der Waals surface area contributed by atoms with Gasteiger partial charge in [-0.05, 0) is 27.2 Å². The minimum atomic E-state index is -0.493. The number of guanidine groups is 1. The molecule has 27 heavy (non-hydrogen) atoms. The Morgan fingerprint density at radius 3 is 2.52 bits per heavy atom. The van der Waals surface area contributed by atoms with Crippen molar-refractivity contribution in [2.45, 2.75) is 46.3 Å². The van der Waals surface area contributed by atoms with Crippen LogP contribution in [-0.4, -0.2) is 68.3 Å². The van der Waals surface area contributed by atoms with Crippen LogP contribution in [0.15, 0.2) is 10.4 Å². The van der Waals surface area contributed by atoms with E-state index in [1.54, 1.807) is 23.3 Å². The van der Waals surface area contributed by atoms with E-state index in [2.05, 4.69) is 20.6 Å². The molecule has 8 nitrogen and oxygen atoms in total. The summed E-state index contributed by atoms with van der Waals surface area (Å²) in [5.41, 5.74) is 0.473. The Kier molecular flexibility index (Phi) is 9.34. The van der Waals surface area contributed by atoms with Gasteiger partial charge in [-0.15, -0.1) is 11.3 Å². The molecule has 0 bridgehead atoms. The van der Waals surface area contributed by atoms with E-state index in [9.17, 15) is 4.79 Å². The lowest BCUT2D eigenvalue weighted by Gasteiger charge is -2.27. The summed E-state index contributed by atoms with van der Waals surface area (Å²) in [4.78, 5) is 24.7. The first-order chi connectivity index (χ1) is 12.7. The molecule has 0 aromatic carbocycles. The van der Waals surface area contributed by atoms with Crippen molar-refractivity contribution in [1.82, 2.24) is 20.5 Å². The average Bonchev–Trinajstić information content (AvgIpc) is 3.04. The Morgan fingerprint density at radius 2 is 2.00 bits per heavy atom. The molecule has 1 heterocycles. The fraction of sp³-hybridized carbons (Fsp3) is 0.722. The summed E-state index contributed by atoms with van der Waals surface area (Å²) in [5, 5.41) is 9.47. The van der Waals surface area contributed by atoms with Crippen LogP contribution in [0.3, 0.4) is 0 Å². The van der Waals surface area contributed by atoms with Crippen molar-refractivity contribution in [2.75, 3.05) is 45.7 Å². The molecule has 1 aromatic heterocycles. The van der Waals surface area contributed by atoms with Crippen LogP contribution in [0.1, 0.15) is 39.8 Å². The van der Waals surface area contributed by atoms with Gasteiger partial charge in [-0.3, -0.25) is 4.99 Å². The molecule has 2 N–H and O–H groups in total. The second kappa shape index (κ2) is 11.0. The average molecular weight is 399 g/mol. The summed E-state index contributed by atoms with van der Waals surface area (Å²) in [6, 6.07) is 0. The number of carbonyl (C=O) groups excluding carboxylic acids is 1. The summed E-state index contributed by atoms with van der Waals surface area (Å²) in [6.45, 7) is 10.0. The standard InChI is InChI=1S/C18H34N6O2S/c1-8-10-24(17(25)26-18(2,3)4)11-9-20-15(19-5)21-12-14-13-27-16(22-14)23(6)7/h13H,8-12H2,1-7H3,(H2,19,20,21). The maximum atomic E-state index is 12.3. The molecule has 0 saturated heterocycles. The molecular weight excluding hydrogens is 364 g/mol. The first kappa shape index (κ1) is 23.0. The van der Waals surface area contributed by atoms with Crippen molar-refractivity contribution >= 4 is 28.5 Å². The molecule has 1 aromatic rings. The second-order valence-corrected chi connectivity index (χ2v) is 8.17. The van der Waals surface area contributed by atoms with E-state index in [1.165, 1.54) is 0 Å². The van der Waals surface area contributed by atoms with Crippen LogP contribution in [0.5, 0.6) is 0 Å². The van der Waals surface area contributed by atoms with E-state index in [-0.39, 0.29) is 6.09 Å². The monoisotopic (exact) mass is 398 g/mol. The molecule has 9 heteroatoms. The van der Waals surface area contributed by atoms with Crippen molar-refractivity contribution in [3.05, 3.63) is 11.1 Å². The molecule has 0 saturated carbocycles. The SMILES string of the molecule is CCCN(CCNC(=NC)NCc1csc(N(C)C)n1)C(=O)OC(C)(C)C. The Morgan fingerprint density at radius 1 is 1.30 bits per heavy atom. The lowest BCUT2D eigenvalue weighted by molar-refractivity contribution is 0.0253. The minimum absolute atomic E-state index is 0.284. The zero-order valence-corrected chi connectivity index (χ0v) is 18.4. The number of rotatable bonds is 8. The largest absolute Gasteiger partial charge is 0.444 e. The lowest BCUT2D eigenvalue weighted by atomic mass is 10.2. The third-order valence-corrected chi connectivity index (χ3v) is 4.46. The van der Waals surface area contributed by atoms with E-state index in [0.717, 1.165) is 17.2 Å². The predicted octanol–water partition coefficient (Wildman–Crippen LogP) is 2.52. The van der Waals surface area contributed by atoms with Crippen LogP contribution in [-0.2, 0) is 11.3 Å². The summed E-state index contributed by atoms with van der Waals surface area (Å²) in [7, 11) is 5.67. The molecule has 154 valence electrons. The fourth-order valence-electron chi connectivity index (χ4n) is 2.18. The van der Waals surface area contributed by atoms with E-state index >= 15 is 0 Å². The zero-order chi connectivity index (χ0) is 20.4. The molecule has 0 aliphatic heterocycles. The smallest absolute Gasteiger partial charge is 0.410 e. The molecule has 0 aliphatic rings. The molecular formula is C18H34N6O2S. The van der Waals surface area contributed by atoms with Crippen molar-refractivity contribution < 1.29 is 9.53 Å². The highest BCUT2D eigenvalue weighted by Crippen LogP contribution is 2.17. The number of nitrogens with zero attached hydrogens (tertiary/aromatic N) is 4. The lowest BCUT2D eigenvalue weighted by Crippen LogP contribution is -2.44. The number of amides is 1. The van der Waals surface area contributed by atoms with Crippen LogP contribution in [0.4, 0.5) is 9.93 Å². The van der Waals surface area contributed by atoms with Crippen molar-refractivity contribution in [2.24, 2.45) is 4.99 Å². The van der Waals surface area contributed by atoms with Crippen LogP contribution in [0.2, 0.25) is 0 Å². The number of hydrogen-bond donors (Lipinski definition) is 2. The number of carbonyl (C=O) groups is 1. The Balaban J connectivity index is 2.46. The van der Waals surface area contributed by atoms with E-state index in [0.29, 0.717) is 32.1 Å². The zero-order valence-electron chi connectivity index (χ0n) is 17.6. The van der Waals surface area contributed by atoms with Crippen LogP contribution >= 0.6 is 11.3 Å². The Bertz CT molecular complexity index is 609. The molecule has 0 spiro atoms. The molecule has 1 rings (SSSR count). The van der Waals surface area contributed by atoms with Crippen LogP contribution < -0.4 is 15.5 Å². The van der Waals surface area contributed by atoms with E-state index < -0.39 is 5.60 Å². The molecule has 0 radical (unpaired) electrons. The molecule has 0 atom stereocenters. The quantitative estimate of drug-likeness (QED) is 0.517. The highest BCUT2D eigenvalue weighted by atomic mass is 32.1. The molecule has 0 unspecified atom stereocenters. The normalized spacial score (nSPS) is 11.9. The third-order valence-electron chi connectivity index (χ3n) is 3.40. The van der Waals surface area contributed by atoms with E-state index in [1.807, 2.05) is 52.1 Å². The predicted molar refractivity (Wildman–Crippen MR) is 113 cm³/mol. The van der Waals surface area contributed by atoms with Crippen LogP contribution in [0, 0.1) is 0 Å². The first-order valence-corrected chi connectivity index (χ1v) is 10.1. The van der Waals surface area contributed by atoms with Gasteiger partial charge < -0.3 is 25.2 Å². The third kappa shape index (κ3) is 8.94. The number of thiazole rings is 1. The first-order valence-electron chi connectivity index (χ1n) is 9.20. The van der Waals surface area contributed by atoms with Gasteiger partial charge in [-0.1, -0.05) is 6.92 Å². The Labute approximate surface area is 167 Å². The maximum absolute atomic E-state index is 12.3. The number of nitrogens with one attached hydrogen (secondary N) is 2. The van der Waals surface area contributed by atoms with Crippen molar-refractivity contribution in [3.63, 3.8) is 0 Å². The van der Waals surface area contributed by atoms with Gasteiger partial charge in [0.25, 0.3) is 0 Å². The van der Waals surface area contributed by atoms with Gasteiger partial charge in [-0.25, -0.2) is 9.78 Å². The number of aliphatic imine (C=N–C) groups is 1. The van der Waals surface area contributed by atoms with Gasteiger partial charge >= 0.3 is 6.09 Å². The molecule has 0 aliphatic carbocycles.